The molecule has 140 valence electrons. The summed E-state index contributed by atoms with van der Waals surface area (Å²) in [5.41, 5.74) is 2.66. The highest BCUT2D eigenvalue weighted by molar-refractivity contribution is 6.76. The van der Waals surface area contributed by atoms with E-state index in [0.29, 0.717) is 6.54 Å². The highest BCUT2D eigenvalue weighted by atomic mass is 28.3. The third kappa shape index (κ3) is 7.53. The summed E-state index contributed by atoms with van der Waals surface area (Å²) in [5.74, 6) is 0. The minimum Gasteiger partial charge on any atom is -0.269 e. The molecule has 0 atom stereocenters. The molecule has 0 bridgehead atoms. The fourth-order valence-corrected chi connectivity index (χ4v) is 4.23. The van der Waals surface area contributed by atoms with E-state index in [1.54, 1.807) is 0 Å². The van der Waals surface area contributed by atoms with Crippen molar-refractivity contribution in [3.8, 4) is 0 Å². The van der Waals surface area contributed by atoms with Gasteiger partial charge in [0.05, 0.1) is 12.2 Å². The Morgan fingerprint density at radius 3 is 2.04 bits per heavy atom. The summed E-state index contributed by atoms with van der Waals surface area (Å²) in [6.45, 7) is 7.62. The zero-order chi connectivity index (χ0) is 17.4. The molecule has 0 aromatic heterocycles. The van der Waals surface area contributed by atoms with Crippen LogP contribution >= 0.6 is 0 Å². The minimum absolute atomic E-state index is 0.163. The number of carbonyl (C=O) groups is 1. The fourth-order valence-electron chi connectivity index (χ4n) is 3.36. The van der Waals surface area contributed by atoms with Crippen molar-refractivity contribution in [1.29, 1.82) is 0 Å². The summed E-state index contributed by atoms with van der Waals surface area (Å²) < 4.78 is 0. The molecular weight excluding hydrogens is 320 g/mol. The van der Waals surface area contributed by atoms with E-state index in [4.69, 9.17) is 9.68 Å². The van der Waals surface area contributed by atoms with Crippen molar-refractivity contribution in [2.75, 3.05) is 6.54 Å². The number of hydrogen-bond donors (Lipinski definition) is 1. The van der Waals surface area contributed by atoms with Gasteiger partial charge in [0.1, 0.15) is 0 Å². The average Bonchev–Trinajstić information content (AvgIpc) is 2.57. The molecular formula is C18H36N2O3Si. The third-order valence-electron chi connectivity index (χ3n) is 4.99. The van der Waals surface area contributed by atoms with Gasteiger partial charge in [0, 0.05) is 14.6 Å². The Kier molecular flexibility index (Phi) is 8.04. The van der Waals surface area contributed by atoms with Gasteiger partial charge in [-0.1, -0.05) is 58.2 Å². The number of amides is 2. The molecule has 0 saturated heterocycles. The first kappa shape index (κ1) is 19.7. The molecule has 0 heterocycles. The molecule has 0 radical (unpaired) electrons. The summed E-state index contributed by atoms with van der Waals surface area (Å²) in [4.78, 5) is 24.2. The molecule has 0 spiro atoms. The molecule has 6 heteroatoms. The lowest BCUT2D eigenvalue weighted by Gasteiger charge is -2.31. The van der Waals surface area contributed by atoms with Crippen LogP contribution in [0.5, 0.6) is 0 Å². The summed E-state index contributed by atoms with van der Waals surface area (Å²) in [6, 6.07) is 0.806. The first-order valence-electron chi connectivity index (χ1n) is 9.84. The molecule has 2 saturated carbocycles. The van der Waals surface area contributed by atoms with Crippen molar-refractivity contribution in [1.82, 2.24) is 10.5 Å². The normalized spacial score (nSPS) is 20.8. The second-order valence-corrected chi connectivity index (χ2v) is 14.2. The van der Waals surface area contributed by atoms with Crippen molar-refractivity contribution in [3.63, 3.8) is 0 Å². The van der Waals surface area contributed by atoms with Gasteiger partial charge in [-0.25, -0.2) is 15.3 Å². The van der Waals surface area contributed by atoms with Crippen LogP contribution in [0.2, 0.25) is 25.7 Å². The van der Waals surface area contributed by atoms with Crippen LogP contribution in [0.25, 0.3) is 0 Å². The molecule has 24 heavy (non-hydrogen) atoms. The molecule has 0 unspecified atom stereocenters. The average molecular weight is 357 g/mol. The van der Waals surface area contributed by atoms with Gasteiger partial charge in [0.25, 0.3) is 0 Å². The first-order chi connectivity index (χ1) is 11.4. The second kappa shape index (κ2) is 9.78. The van der Waals surface area contributed by atoms with Crippen LogP contribution in [0.4, 0.5) is 4.79 Å². The largest absolute Gasteiger partial charge is 0.365 e. The molecule has 0 aliphatic heterocycles. The van der Waals surface area contributed by atoms with Gasteiger partial charge in [-0.15, -0.1) is 0 Å². The number of rotatable bonds is 7. The number of nitrogens with zero attached hydrogens (tertiary/aromatic N) is 1. The number of nitrogens with one attached hydrogen (secondary N) is 1. The lowest BCUT2D eigenvalue weighted by Crippen LogP contribution is -2.45. The lowest BCUT2D eigenvalue weighted by molar-refractivity contribution is -0.175. The molecule has 2 aliphatic carbocycles. The Morgan fingerprint density at radius 2 is 1.50 bits per heavy atom. The number of hydrogen-bond acceptors (Lipinski definition) is 3. The van der Waals surface area contributed by atoms with E-state index in [1.807, 2.05) is 0 Å². The molecule has 2 fully saturated rings. The van der Waals surface area contributed by atoms with E-state index in [0.717, 1.165) is 31.7 Å². The van der Waals surface area contributed by atoms with E-state index in [9.17, 15) is 4.79 Å². The van der Waals surface area contributed by atoms with Gasteiger partial charge in [0.15, 0.2) is 0 Å². The van der Waals surface area contributed by atoms with Crippen LogP contribution in [-0.4, -0.2) is 37.9 Å². The molecule has 0 aromatic carbocycles. The molecule has 2 rings (SSSR count). The zero-order valence-electron chi connectivity index (χ0n) is 15.8. The maximum absolute atomic E-state index is 12.6. The van der Waals surface area contributed by atoms with E-state index < -0.39 is 8.07 Å². The van der Waals surface area contributed by atoms with Gasteiger partial charge in [0.2, 0.25) is 0 Å². The number of hydroxylamine groups is 3. The van der Waals surface area contributed by atoms with Gasteiger partial charge < -0.3 is 0 Å². The zero-order valence-corrected chi connectivity index (χ0v) is 16.8. The lowest BCUT2D eigenvalue weighted by atomic mass is 9.98. The standard InChI is InChI=1S/C18H36N2O3Si/c1-24(2,3)15-14-20(23-17-12-8-5-9-13-17)18(21)19-22-16-10-6-4-7-11-16/h16-17H,4-15H2,1-3H3,(H,19,21). The quantitative estimate of drug-likeness (QED) is 0.523. The van der Waals surface area contributed by atoms with Crippen molar-refractivity contribution in [2.24, 2.45) is 0 Å². The van der Waals surface area contributed by atoms with Crippen molar-refractivity contribution in [2.45, 2.75) is 102 Å². The van der Waals surface area contributed by atoms with Crippen LogP contribution in [-0.2, 0) is 9.68 Å². The third-order valence-corrected chi connectivity index (χ3v) is 6.71. The van der Waals surface area contributed by atoms with E-state index >= 15 is 0 Å². The summed E-state index contributed by atoms with van der Waals surface area (Å²) in [7, 11) is -1.23. The highest BCUT2D eigenvalue weighted by Crippen LogP contribution is 2.23. The SMILES string of the molecule is C[Si](C)(C)CCN(OC1CCCCC1)C(=O)NOC1CCCCC1. The van der Waals surface area contributed by atoms with Crippen LogP contribution in [0.15, 0.2) is 0 Å². The molecule has 0 aromatic rings. The Bertz CT molecular complexity index is 375. The first-order valence-corrected chi connectivity index (χ1v) is 13.5. The van der Waals surface area contributed by atoms with E-state index in [2.05, 4.69) is 25.1 Å². The van der Waals surface area contributed by atoms with Crippen molar-refractivity contribution < 1.29 is 14.5 Å². The molecule has 2 amide bonds. The van der Waals surface area contributed by atoms with Crippen LogP contribution in [0.1, 0.15) is 64.2 Å². The topological polar surface area (TPSA) is 50.8 Å². The Hall–Kier alpha value is -0.593. The summed E-state index contributed by atoms with van der Waals surface area (Å²) in [5, 5.41) is 1.54. The predicted molar refractivity (Wildman–Crippen MR) is 99.3 cm³/mol. The van der Waals surface area contributed by atoms with Crippen molar-refractivity contribution >= 4 is 14.1 Å². The molecule has 5 nitrogen and oxygen atoms in total. The van der Waals surface area contributed by atoms with E-state index in [-0.39, 0.29) is 18.2 Å². The summed E-state index contributed by atoms with van der Waals surface area (Å²) in [6.07, 6.45) is 11.9. The molecule has 2 aliphatic rings. The smallest absolute Gasteiger partial charge is 0.269 e. The van der Waals surface area contributed by atoms with Gasteiger partial charge in [-0.2, -0.15) is 0 Å². The van der Waals surface area contributed by atoms with Crippen LogP contribution in [0.3, 0.4) is 0 Å². The Balaban J connectivity index is 1.83. The Labute approximate surface area is 148 Å². The van der Waals surface area contributed by atoms with Crippen molar-refractivity contribution in [3.05, 3.63) is 0 Å². The van der Waals surface area contributed by atoms with Gasteiger partial charge in [-0.3, -0.25) is 9.68 Å². The van der Waals surface area contributed by atoms with Gasteiger partial charge >= 0.3 is 6.03 Å². The monoisotopic (exact) mass is 356 g/mol. The maximum atomic E-state index is 12.6. The van der Waals surface area contributed by atoms with E-state index in [1.165, 1.54) is 43.6 Å². The highest BCUT2D eigenvalue weighted by Gasteiger charge is 2.25. The second-order valence-electron chi connectivity index (χ2n) is 8.56. The predicted octanol–water partition coefficient (Wildman–Crippen LogP) is 4.86. The maximum Gasteiger partial charge on any atom is 0.365 e. The van der Waals surface area contributed by atoms with Crippen LogP contribution in [0, 0.1) is 0 Å². The Morgan fingerprint density at radius 1 is 0.958 bits per heavy atom. The van der Waals surface area contributed by atoms with Gasteiger partial charge in [-0.05, 0) is 31.7 Å². The number of urea groups is 1. The minimum atomic E-state index is -1.23. The molecule has 1 N–H and O–H groups in total. The summed E-state index contributed by atoms with van der Waals surface area (Å²) >= 11 is 0. The number of carbonyl (C=O) groups excluding carboxylic acids is 1. The fraction of sp³-hybridized carbons (Fsp3) is 0.944. The van der Waals surface area contributed by atoms with Crippen LogP contribution < -0.4 is 5.48 Å².